The van der Waals surface area contributed by atoms with E-state index in [9.17, 15) is 0 Å². The highest BCUT2D eigenvalue weighted by Gasteiger charge is 2.44. The predicted octanol–water partition coefficient (Wildman–Crippen LogP) is 16.9. The molecule has 0 aliphatic heterocycles. The average Bonchev–Trinajstić information content (AvgIpc) is 4.08. The standard InChI is InChI=1S/C62H46N2O2/c1-60(2)45-27-28-53-57(40-18-10-12-20-51(40)65-53)56(45)44-34-48-43(33-49(44)60)38-25-23-36(30-46(38)61(48,3)4)64(54-22-14-15-29-63-54)37-24-26-39-47(31-37)62(5,6)50-32-42(35-16-8-7-9-17-35)59-58(55(39)50)41-19-11-13-21-52(41)66-59/h7-34H,1-6H3. The van der Waals surface area contributed by atoms with Gasteiger partial charge < -0.3 is 8.83 Å². The summed E-state index contributed by atoms with van der Waals surface area (Å²) >= 11 is 0. The van der Waals surface area contributed by atoms with Crippen LogP contribution in [0.25, 0.3) is 88.4 Å². The molecule has 0 atom stereocenters. The average molecular weight is 851 g/mol. The second kappa shape index (κ2) is 12.8. The molecule has 66 heavy (non-hydrogen) atoms. The van der Waals surface area contributed by atoms with Crippen LogP contribution in [-0.4, -0.2) is 4.98 Å². The highest BCUT2D eigenvalue weighted by Crippen LogP contribution is 2.60. The van der Waals surface area contributed by atoms with Gasteiger partial charge in [0.25, 0.3) is 0 Å². The van der Waals surface area contributed by atoms with Crippen molar-refractivity contribution >= 4 is 61.1 Å². The Morgan fingerprint density at radius 3 is 1.70 bits per heavy atom. The molecule has 0 saturated heterocycles. The molecule has 0 fully saturated rings. The van der Waals surface area contributed by atoms with Crippen LogP contribution in [0.4, 0.5) is 17.2 Å². The lowest BCUT2D eigenvalue weighted by Gasteiger charge is -2.29. The summed E-state index contributed by atoms with van der Waals surface area (Å²) in [6.07, 6.45) is 1.90. The zero-order chi connectivity index (χ0) is 44.4. The fraction of sp³-hybridized carbons (Fsp3) is 0.145. The normalized spacial score (nSPS) is 15.5. The molecule has 4 heteroatoms. The Morgan fingerprint density at radius 2 is 0.955 bits per heavy atom. The van der Waals surface area contributed by atoms with Crippen molar-refractivity contribution in [3.05, 3.63) is 203 Å². The van der Waals surface area contributed by atoms with Crippen molar-refractivity contribution in [3.63, 3.8) is 0 Å². The summed E-state index contributed by atoms with van der Waals surface area (Å²) in [5.74, 6) is 0.877. The molecule has 14 rings (SSSR count). The van der Waals surface area contributed by atoms with Gasteiger partial charge in [-0.15, -0.1) is 0 Å². The van der Waals surface area contributed by atoms with E-state index in [1.807, 2.05) is 12.3 Å². The van der Waals surface area contributed by atoms with Gasteiger partial charge in [0, 0.05) is 60.9 Å². The van der Waals surface area contributed by atoms with Crippen LogP contribution in [0.2, 0.25) is 0 Å². The highest BCUT2D eigenvalue weighted by molar-refractivity contribution is 6.19. The van der Waals surface area contributed by atoms with Crippen LogP contribution in [0, 0.1) is 0 Å². The monoisotopic (exact) mass is 850 g/mol. The van der Waals surface area contributed by atoms with Crippen molar-refractivity contribution in [1.82, 2.24) is 4.98 Å². The minimum absolute atomic E-state index is 0.171. The molecule has 3 heterocycles. The van der Waals surface area contributed by atoms with Crippen LogP contribution in [0.5, 0.6) is 0 Å². The first-order valence-electron chi connectivity index (χ1n) is 23.2. The third-order valence-corrected chi connectivity index (χ3v) is 15.7. The fourth-order valence-corrected chi connectivity index (χ4v) is 12.4. The predicted molar refractivity (Wildman–Crippen MR) is 272 cm³/mol. The van der Waals surface area contributed by atoms with Gasteiger partial charge in [0.2, 0.25) is 0 Å². The van der Waals surface area contributed by atoms with Crippen molar-refractivity contribution in [2.45, 2.75) is 57.8 Å². The first kappa shape index (κ1) is 37.7. The van der Waals surface area contributed by atoms with Crippen molar-refractivity contribution in [3.8, 4) is 44.5 Å². The number of benzene rings is 8. The Bertz CT molecular complexity index is 3900. The number of fused-ring (bicyclic) bond motifs is 17. The Balaban J connectivity index is 0.927. The molecule has 3 aliphatic rings. The minimum Gasteiger partial charge on any atom is -0.456 e. The number of para-hydroxylation sites is 2. The number of aromatic nitrogens is 1. The van der Waals surface area contributed by atoms with Crippen LogP contribution in [0.3, 0.4) is 0 Å². The van der Waals surface area contributed by atoms with Crippen LogP contribution >= 0.6 is 0 Å². The molecule has 0 bridgehead atoms. The van der Waals surface area contributed by atoms with Crippen LogP contribution < -0.4 is 4.90 Å². The van der Waals surface area contributed by atoms with E-state index in [1.165, 1.54) is 82.9 Å². The summed E-state index contributed by atoms with van der Waals surface area (Å²) in [6, 6.07) is 59.8. The topological polar surface area (TPSA) is 42.4 Å². The molecule has 0 spiro atoms. The molecule has 11 aromatic rings. The largest absolute Gasteiger partial charge is 0.456 e. The van der Waals surface area contributed by atoms with E-state index in [0.717, 1.165) is 56.0 Å². The third kappa shape index (κ3) is 4.81. The second-order valence-corrected chi connectivity index (χ2v) is 20.3. The molecule has 0 N–H and O–H groups in total. The van der Waals surface area contributed by atoms with Gasteiger partial charge in [-0.1, -0.05) is 133 Å². The molecule has 0 saturated carbocycles. The van der Waals surface area contributed by atoms with Crippen molar-refractivity contribution in [1.29, 1.82) is 0 Å². The Labute approximate surface area is 383 Å². The number of rotatable bonds is 4. The highest BCUT2D eigenvalue weighted by atomic mass is 16.3. The van der Waals surface area contributed by atoms with E-state index in [2.05, 4.69) is 204 Å². The molecule has 0 amide bonds. The Hall–Kier alpha value is -7.69. The number of furan rings is 2. The zero-order valence-electron chi connectivity index (χ0n) is 37.9. The lowest BCUT2D eigenvalue weighted by atomic mass is 9.79. The number of anilines is 3. The van der Waals surface area contributed by atoms with Crippen LogP contribution in [0.15, 0.2) is 179 Å². The summed E-state index contributed by atoms with van der Waals surface area (Å²) < 4.78 is 13.2. The van der Waals surface area contributed by atoms with Crippen LogP contribution in [0.1, 0.15) is 74.9 Å². The van der Waals surface area contributed by atoms with Crippen molar-refractivity contribution < 1.29 is 8.83 Å². The minimum atomic E-state index is -0.296. The van der Waals surface area contributed by atoms with E-state index in [-0.39, 0.29) is 16.2 Å². The number of hydrogen-bond donors (Lipinski definition) is 0. The van der Waals surface area contributed by atoms with Crippen molar-refractivity contribution in [2.24, 2.45) is 0 Å². The van der Waals surface area contributed by atoms with E-state index in [1.54, 1.807) is 0 Å². The summed E-state index contributed by atoms with van der Waals surface area (Å²) in [7, 11) is 0. The van der Waals surface area contributed by atoms with Gasteiger partial charge in [-0.2, -0.15) is 0 Å². The SMILES string of the molecule is CC1(C)c2cc(N(c3ccc4c(c3)C(C)(C)c3cc(-c5ccccc5)c5oc6ccccc6c5c3-4)c3ccccn3)ccc2-c2cc3c(cc21)-c1c(ccc2oc4ccccc4c12)C3(C)C. The summed E-state index contributed by atoms with van der Waals surface area (Å²) in [6.45, 7) is 14.3. The van der Waals surface area contributed by atoms with Crippen molar-refractivity contribution in [2.75, 3.05) is 4.90 Å². The molecule has 3 aliphatic carbocycles. The van der Waals surface area contributed by atoms with Gasteiger partial charge in [0.1, 0.15) is 28.1 Å². The lowest BCUT2D eigenvalue weighted by molar-refractivity contribution is 0.651. The van der Waals surface area contributed by atoms with Gasteiger partial charge in [-0.25, -0.2) is 4.98 Å². The number of pyridine rings is 1. The molecule has 4 nitrogen and oxygen atoms in total. The first-order valence-corrected chi connectivity index (χ1v) is 23.2. The van der Waals surface area contributed by atoms with E-state index >= 15 is 0 Å². The molecule has 0 radical (unpaired) electrons. The maximum atomic E-state index is 6.76. The van der Waals surface area contributed by atoms with E-state index in [0.29, 0.717) is 0 Å². The molecule has 8 aromatic carbocycles. The summed E-state index contributed by atoms with van der Waals surface area (Å²) in [5, 5.41) is 4.72. The molecular formula is C62H46N2O2. The smallest absolute Gasteiger partial charge is 0.143 e. The second-order valence-electron chi connectivity index (χ2n) is 20.3. The number of nitrogens with zero attached hydrogens (tertiary/aromatic N) is 2. The van der Waals surface area contributed by atoms with Gasteiger partial charge in [0.05, 0.1) is 0 Å². The maximum absolute atomic E-state index is 6.76. The zero-order valence-corrected chi connectivity index (χ0v) is 37.9. The van der Waals surface area contributed by atoms with E-state index in [4.69, 9.17) is 13.8 Å². The van der Waals surface area contributed by atoms with Crippen LogP contribution in [-0.2, 0) is 16.2 Å². The number of hydrogen-bond acceptors (Lipinski definition) is 4. The molecule has 316 valence electrons. The third-order valence-electron chi connectivity index (χ3n) is 15.7. The molecule has 3 aromatic heterocycles. The van der Waals surface area contributed by atoms with Gasteiger partial charge in [-0.05, 0) is 145 Å². The summed E-state index contributed by atoms with van der Waals surface area (Å²) in [5.41, 5.74) is 23.2. The molecular weight excluding hydrogens is 805 g/mol. The quantitative estimate of drug-likeness (QED) is 0.177. The van der Waals surface area contributed by atoms with Gasteiger partial charge in [-0.3, -0.25) is 4.90 Å². The first-order chi connectivity index (χ1) is 32.0. The Kier molecular flexibility index (Phi) is 7.28. The fourth-order valence-electron chi connectivity index (χ4n) is 12.4. The Morgan fingerprint density at radius 1 is 0.394 bits per heavy atom. The summed E-state index contributed by atoms with van der Waals surface area (Å²) in [4.78, 5) is 7.36. The lowest BCUT2D eigenvalue weighted by Crippen LogP contribution is -2.18. The van der Waals surface area contributed by atoms with E-state index < -0.39 is 0 Å². The molecule has 0 unspecified atom stereocenters. The maximum Gasteiger partial charge on any atom is 0.143 e. The van der Waals surface area contributed by atoms with Gasteiger partial charge in [0.15, 0.2) is 0 Å². The van der Waals surface area contributed by atoms with Gasteiger partial charge >= 0.3 is 0 Å².